The Balaban J connectivity index is 1.36. The number of hydrogen-bond donors (Lipinski definition) is 3. The largest absolute Gasteiger partial charge is 0.394 e. The maximum Gasteiger partial charge on any atom is 0.248 e. The number of anilines is 2. The molecule has 0 aliphatic carbocycles. The molecule has 3 heterocycles. The van der Waals surface area contributed by atoms with Gasteiger partial charge < -0.3 is 20.6 Å². The topological polar surface area (TPSA) is 98.7 Å². The predicted molar refractivity (Wildman–Crippen MR) is 154 cm³/mol. The van der Waals surface area contributed by atoms with E-state index in [9.17, 15) is 19.5 Å². The van der Waals surface area contributed by atoms with Gasteiger partial charge in [-0.1, -0.05) is 62.4 Å². The summed E-state index contributed by atoms with van der Waals surface area (Å²) in [7, 11) is 0. The average Bonchev–Trinajstić information content (AvgIpc) is 3.57. The van der Waals surface area contributed by atoms with E-state index in [0.717, 1.165) is 17.2 Å². The molecule has 2 bridgehead atoms. The van der Waals surface area contributed by atoms with Gasteiger partial charge in [0.2, 0.25) is 17.7 Å². The Kier molecular flexibility index (Phi) is 6.63. The third-order valence-corrected chi connectivity index (χ3v) is 10.6. The number of nitrogens with one attached hydrogen (secondary N) is 2. The Morgan fingerprint density at radius 2 is 1.67 bits per heavy atom. The number of benzene rings is 3. The van der Waals surface area contributed by atoms with Crippen molar-refractivity contribution in [3.05, 3.63) is 72.8 Å². The first kappa shape index (κ1) is 25.9. The van der Waals surface area contributed by atoms with Gasteiger partial charge in [-0.3, -0.25) is 14.4 Å². The smallest absolute Gasteiger partial charge is 0.248 e. The minimum atomic E-state index is -0.787. The first-order valence-electron chi connectivity index (χ1n) is 13.6. The van der Waals surface area contributed by atoms with Crippen LogP contribution in [0, 0.1) is 17.8 Å². The second-order valence-corrected chi connectivity index (χ2v) is 12.8. The lowest BCUT2D eigenvalue weighted by molar-refractivity contribution is -0.142. The van der Waals surface area contributed by atoms with Crippen LogP contribution in [0.1, 0.15) is 26.7 Å². The van der Waals surface area contributed by atoms with E-state index < -0.39 is 28.7 Å². The minimum absolute atomic E-state index is 0.0348. The monoisotopic (exact) mass is 543 g/mol. The number of fused-ring (bicyclic) bond motifs is 2. The van der Waals surface area contributed by atoms with E-state index in [1.54, 1.807) is 16.7 Å². The minimum Gasteiger partial charge on any atom is -0.394 e. The van der Waals surface area contributed by atoms with E-state index in [1.165, 1.54) is 0 Å². The molecule has 2 unspecified atom stereocenters. The zero-order chi connectivity index (χ0) is 27.3. The fraction of sp³-hybridized carbons (Fsp3) is 0.387. The number of carbonyl (C=O) groups excluding carboxylic acids is 3. The van der Waals surface area contributed by atoms with Gasteiger partial charge >= 0.3 is 0 Å². The molecule has 202 valence electrons. The molecule has 3 aliphatic rings. The van der Waals surface area contributed by atoms with E-state index in [1.807, 2.05) is 86.6 Å². The van der Waals surface area contributed by atoms with Crippen LogP contribution in [0.15, 0.2) is 72.8 Å². The third-order valence-electron chi connectivity index (χ3n) is 8.66. The molecule has 3 fully saturated rings. The van der Waals surface area contributed by atoms with E-state index in [4.69, 9.17) is 0 Å². The number of hydrogen-bond acceptors (Lipinski definition) is 5. The molecule has 0 saturated carbocycles. The van der Waals surface area contributed by atoms with Crippen molar-refractivity contribution in [2.45, 2.75) is 48.8 Å². The SMILES string of the molecule is CC(C)[C@H](CO)N1C(=O)[C@@H]2[C@H](C(=O)Nc3ccccc3)[C@@H]3CCC2(S3)C1C(=O)Nc1ccc2ccccc2c1. The van der Waals surface area contributed by atoms with Gasteiger partial charge in [-0.15, -0.1) is 11.8 Å². The molecule has 3 N–H and O–H groups in total. The van der Waals surface area contributed by atoms with Crippen LogP contribution in [0.5, 0.6) is 0 Å². The van der Waals surface area contributed by atoms with Crippen molar-refractivity contribution in [3.8, 4) is 0 Å². The van der Waals surface area contributed by atoms with Gasteiger partial charge in [-0.2, -0.15) is 0 Å². The summed E-state index contributed by atoms with van der Waals surface area (Å²) >= 11 is 1.63. The van der Waals surface area contributed by atoms with E-state index in [2.05, 4.69) is 10.6 Å². The highest BCUT2D eigenvalue weighted by Gasteiger charge is 2.74. The molecule has 3 aromatic carbocycles. The number of aliphatic hydroxyl groups is 1. The highest BCUT2D eigenvalue weighted by atomic mass is 32.2. The van der Waals surface area contributed by atoms with Gasteiger partial charge in [-0.05, 0) is 53.8 Å². The Morgan fingerprint density at radius 1 is 0.974 bits per heavy atom. The molecule has 6 rings (SSSR count). The Bertz CT molecular complexity index is 1430. The molecule has 3 amide bonds. The van der Waals surface area contributed by atoms with Crippen molar-refractivity contribution in [3.63, 3.8) is 0 Å². The lowest BCUT2D eigenvalue weighted by atomic mass is 9.70. The normalized spacial score (nSPS) is 28.1. The number of nitrogens with zero attached hydrogens (tertiary/aromatic N) is 1. The second-order valence-electron chi connectivity index (χ2n) is 11.2. The van der Waals surface area contributed by atoms with Gasteiger partial charge in [0.05, 0.1) is 29.2 Å². The highest BCUT2D eigenvalue weighted by Crippen LogP contribution is 2.66. The quantitative estimate of drug-likeness (QED) is 0.407. The molecule has 1 spiro atoms. The zero-order valence-electron chi connectivity index (χ0n) is 22.0. The van der Waals surface area contributed by atoms with Crippen LogP contribution in [0.2, 0.25) is 0 Å². The molecule has 8 heteroatoms. The maximum atomic E-state index is 14.2. The van der Waals surface area contributed by atoms with Crippen molar-refractivity contribution in [1.82, 2.24) is 4.90 Å². The van der Waals surface area contributed by atoms with Crippen LogP contribution >= 0.6 is 11.8 Å². The summed E-state index contributed by atoms with van der Waals surface area (Å²) in [5.41, 5.74) is 1.35. The highest BCUT2D eigenvalue weighted by molar-refractivity contribution is 8.02. The summed E-state index contributed by atoms with van der Waals surface area (Å²) in [6.07, 6.45) is 1.44. The van der Waals surface area contributed by atoms with Crippen LogP contribution in [0.25, 0.3) is 10.8 Å². The van der Waals surface area contributed by atoms with Crippen molar-refractivity contribution in [1.29, 1.82) is 0 Å². The fourth-order valence-corrected chi connectivity index (χ4v) is 9.10. The zero-order valence-corrected chi connectivity index (χ0v) is 22.9. The van der Waals surface area contributed by atoms with Crippen LogP contribution in [-0.2, 0) is 14.4 Å². The molecule has 0 radical (unpaired) electrons. The van der Waals surface area contributed by atoms with Crippen molar-refractivity contribution >= 4 is 51.6 Å². The summed E-state index contributed by atoms with van der Waals surface area (Å²) in [5, 5.41) is 18.5. The maximum absolute atomic E-state index is 14.2. The number of amides is 3. The van der Waals surface area contributed by atoms with Crippen LogP contribution in [0.4, 0.5) is 11.4 Å². The lowest BCUT2D eigenvalue weighted by Crippen LogP contribution is -2.56. The average molecular weight is 544 g/mol. The predicted octanol–water partition coefficient (Wildman–Crippen LogP) is 4.53. The van der Waals surface area contributed by atoms with E-state index >= 15 is 0 Å². The molecular formula is C31H33N3O4S. The molecule has 3 saturated heterocycles. The second kappa shape index (κ2) is 9.99. The first-order valence-corrected chi connectivity index (χ1v) is 14.5. The van der Waals surface area contributed by atoms with Crippen LogP contribution in [0.3, 0.4) is 0 Å². The van der Waals surface area contributed by atoms with Gasteiger partial charge in [0.25, 0.3) is 0 Å². The molecule has 3 aliphatic heterocycles. The number of thioether (sulfide) groups is 1. The molecule has 7 nitrogen and oxygen atoms in total. The van der Waals surface area contributed by atoms with Gasteiger partial charge in [0, 0.05) is 16.6 Å². The molecule has 6 atom stereocenters. The first-order chi connectivity index (χ1) is 18.8. The van der Waals surface area contributed by atoms with E-state index in [-0.39, 0.29) is 35.5 Å². The summed E-state index contributed by atoms with van der Waals surface area (Å²) < 4.78 is -0.719. The van der Waals surface area contributed by atoms with Crippen molar-refractivity contribution < 1.29 is 19.5 Å². The summed E-state index contributed by atoms with van der Waals surface area (Å²) in [5.74, 6) is -1.88. The summed E-state index contributed by atoms with van der Waals surface area (Å²) in [6.45, 7) is 3.64. The standard InChI is InChI=1S/C31H33N3O4S/c1-18(2)23(17-35)34-27(29(37)33-22-13-12-19-8-6-7-9-20(19)16-22)31-15-14-24(39-31)25(26(31)30(34)38)28(36)32-21-10-4-3-5-11-21/h3-13,16,18,23-27,35H,14-15,17H2,1-2H3,(H,32,36)(H,33,37)/t23-,24-,25+,26-,27?,31?/m0/s1. The summed E-state index contributed by atoms with van der Waals surface area (Å²) in [6, 6.07) is 21.7. The molecule has 39 heavy (non-hydrogen) atoms. The summed E-state index contributed by atoms with van der Waals surface area (Å²) in [4.78, 5) is 43.6. The van der Waals surface area contributed by atoms with E-state index in [0.29, 0.717) is 17.8 Å². The van der Waals surface area contributed by atoms with Crippen LogP contribution in [-0.4, -0.2) is 56.4 Å². The Morgan fingerprint density at radius 3 is 2.38 bits per heavy atom. The fourth-order valence-electron chi connectivity index (χ4n) is 6.89. The van der Waals surface area contributed by atoms with Gasteiger partial charge in [-0.25, -0.2) is 0 Å². The lowest BCUT2D eigenvalue weighted by Gasteiger charge is -2.38. The molecule has 0 aromatic heterocycles. The number of para-hydroxylation sites is 1. The Labute approximate surface area is 232 Å². The number of likely N-dealkylation sites (tertiary alicyclic amines) is 1. The number of aliphatic hydroxyl groups excluding tert-OH is 1. The van der Waals surface area contributed by atoms with Crippen molar-refractivity contribution in [2.24, 2.45) is 17.8 Å². The Hall–Kier alpha value is -3.36. The van der Waals surface area contributed by atoms with Gasteiger partial charge in [0.15, 0.2) is 0 Å². The van der Waals surface area contributed by atoms with Crippen LogP contribution < -0.4 is 10.6 Å². The van der Waals surface area contributed by atoms with Crippen molar-refractivity contribution in [2.75, 3.05) is 17.2 Å². The number of carbonyl (C=O) groups is 3. The third kappa shape index (κ3) is 4.21. The number of rotatable bonds is 7. The molecule has 3 aromatic rings. The van der Waals surface area contributed by atoms with Gasteiger partial charge in [0.1, 0.15) is 6.04 Å². The molecular weight excluding hydrogens is 510 g/mol.